The lowest BCUT2D eigenvalue weighted by molar-refractivity contribution is 0.209. The number of piperazine rings is 1. The third-order valence-corrected chi connectivity index (χ3v) is 7.13. The van der Waals surface area contributed by atoms with E-state index in [1.165, 1.54) is 17.8 Å². The molecule has 4 nitrogen and oxygen atoms in total. The molecule has 0 amide bonds. The van der Waals surface area contributed by atoms with Crippen LogP contribution in [-0.2, 0) is 0 Å². The molecule has 0 unspecified atom stereocenters. The molecule has 2 aliphatic heterocycles. The fourth-order valence-corrected chi connectivity index (χ4v) is 5.11. The molecule has 3 aromatic carbocycles. The molecule has 2 aliphatic rings. The van der Waals surface area contributed by atoms with Crippen LogP contribution in [0.1, 0.15) is 37.0 Å². The van der Waals surface area contributed by atoms with E-state index in [0.717, 1.165) is 71.9 Å². The van der Waals surface area contributed by atoms with Crippen LogP contribution >= 0.6 is 0 Å². The molecule has 0 aliphatic carbocycles. The van der Waals surface area contributed by atoms with Crippen molar-refractivity contribution in [1.29, 1.82) is 0 Å². The van der Waals surface area contributed by atoms with Crippen LogP contribution in [0.2, 0.25) is 0 Å². The second-order valence-electron chi connectivity index (χ2n) is 9.48. The lowest BCUT2D eigenvalue weighted by Gasteiger charge is -2.38. The van der Waals surface area contributed by atoms with Crippen LogP contribution < -0.4 is 14.4 Å². The van der Waals surface area contributed by atoms with Gasteiger partial charge < -0.3 is 14.4 Å². The van der Waals surface area contributed by atoms with Gasteiger partial charge >= 0.3 is 0 Å². The Labute approximate surface area is 207 Å². The number of methoxy groups -OCH3 is 1. The first-order valence-corrected chi connectivity index (χ1v) is 12.4. The number of halogens is 1. The van der Waals surface area contributed by atoms with Crippen molar-refractivity contribution in [2.24, 2.45) is 0 Å². The molecule has 1 saturated heterocycles. The number of anilines is 1. The summed E-state index contributed by atoms with van der Waals surface area (Å²) >= 11 is 0. The summed E-state index contributed by atoms with van der Waals surface area (Å²) in [5.74, 6) is 1.35. The third kappa shape index (κ3) is 4.92. The minimum absolute atomic E-state index is 0.229. The Morgan fingerprint density at radius 3 is 2.20 bits per heavy atom. The zero-order valence-electron chi connectivity index (χ0n) is 20.8. The molecule has 5 heteroatoms. The van der Waals surface area contributed by atoms with Crippen LogP contribution in [0.4, 0.5) is 10.1 Å². The number of hydrogen-bond donors (Lipinski definition) is 0. The largest absolute Gasteiger partial charge is 0.497 e. The van der Waals surface area contributed by atoms with E-state index < -0.39 is 0 Å². The number of nitrogens with zero attached hydrogens (tertiary/aromatic N) is 2. The standard InChI is InChI=1S/C30H33FN2O2/c1-21(2)32-15-17-33(18-16-32)25-10-6-23(7-11-25)30-27(22-4-8-24(31)9-5-22)14-19-35-29-20-26(34-3)12-13-28(29)30/h4-13,20-21H,14-19H2,1-3H3. The molecule has 0 bridgehead atoms. The first-order chi connectivity index (χ1) is 17.0. The van der Waals surface area contributed by atoms with Crippen molar-refractivity contribution in [2.45, 2.75) is 26.3 Å². The van der Waals surface area contributed by atoms with E-state index in [0.29, 0.717) is 12.6 Å². The summed E-state index contributed by atoms with van der Waals surface area (Å²) in [6.45, 7) is 9.34. The highest BCUT2D eigenvalue weighted by atomic mass is 19.1. The number of hydrogen-bond acceptors (Lipinski definition) is 4. The summed E-state index contributed by atoms with van der Waals surface area (Å²) in [4.78, 5) is 4.99. The lowest BCUT2D eigenvalue weighted by atomic mass is 9.88. The van der Waals surface area contributed by atoms with Crippen molar-refractivity contribution in [2.75, 3.05) is 44.8 Å². The van der Waals surface area contributed by atoms with Crippen LogP contribution in [0.25, 0.3) is 11.1 Å². The average molecular weight is 473 g/mol. The van der Waals surface area contributed by atoms with Gasteiger partial charge in [-0.2, -0.15) is 0 Å². The van der Waals surface area contributed by atoms with Gasteiger partial charge in [0.15, 0.2) is 0 Å². The van der Waals surface area contributed by atoms with Gasteiger partial charge in [0.05, 0.1) is 13.7 Å². The minimum atomic E-state index is -0.229. The first kappa shape index (κ1) is 23.4. The van der Waals surface area contributed by atoms with Gasteiger partial charge in [0.25, 0.3) is 0 Å². The average Bonchev–Trinajstić information content (AvgIpc) is 3.08. The molecule has 0 saturated carbocycles. The second-order valence-corrected chi connectivity index (χ2v) is 9.48. The van der Waals surface area contributed by atoms with Crippen LogP contribution in [0.3, 0.4) is 0 Å². The Bertz CT molecular complexity index is 1190. The molecule has 0 spiro atoms. The summed E-state index contributed by atoms with van der Waals surface area (Å²) in [5, 5.41) is 0. The van der Waals surface area contributed by atoms with Gasteiger partial charge in [-0.1, -0.05) is 24.3 Å². The van der Waals surface area contributed by atoms with E-state index in [1.54, 1.807) is 7.11 Å². The number of benzene rings is 3. The Morgan fingerprint density at radius 2 is 1.54 bits per heavy atom. The quantitative estimate of drug-likeness (QED) is 0.448. The number of ether oxygens (including phenoxy) is 2. The van der Waals surface area contributed by atoms with Crippen molar-refractivity contribution >= 4 is 16.8 Å². The summed E-state index contributed by atoms with van der Waals surface area (Å²) in [5.41, 5.74) is 6.71. The van der Waals surface area contributed by atoms with E-state index in [1.807, 2.05) is 24.3 Å². The van der Waals surface area contributed by atoms with Crippen LogP contribution in [0.5, 0.6) is 11.5 Å². The fourth-order valence-electron chi connectivity index (χ4n) is 5.11. The van der Waals surface area contributed by atoms with Gasteiger partial charge in [-0.25, -0.2) is 4.39 Å². The Morgan fingerprint density at radius 1 is 0.857 bits per heavy atom. The van der Waals surface area contributed by atoms with E-state index >= 15 is 0 Å². The highest BCUT2D eigenvalue weighted by Gasteiger charge is 2.23. The molecule has 2 heterocycles. The molecule has 0 radical (unpaired) electrons. The van der Waals surface area contributed by atoms with Crippen LogP contribution in [0.15, 0.2) is 66.7 Å². The molecule has 3 aromatic rings. The molecule has 35 heavy (non-hydrogen) atoms. The highest BCUT2D eigenvalue weighted by Crippen LogP contribution is 2.42. The maximum atomic E-state index is 13.7. The zero-order valence-corrected chi connectivity index (χ0v) is 20.8. The Hall–Kier alpha value is -3.31. The molecule has 0 atom stereocenters. The van der Waals surface area contributed by atoms with Crippen LogP contribution in [-0.4, -0.2) is 50.8 Å². The molecule has 1 fully saturated rings. The zero-order chi connectivity index (χ0) is 24.4. The lowest BCUT2D eigenvalue weighted by Crippen LogP contribution is -2.48. The molecular formula is C30H33FN2O2. The van der Waals surface area contributed by atoms with Gasteiger partial charge in [0.1, 0.15) is 17.3 Å². The predicted octanol–water partition coefficient (Wildman–Crippen LogP) is 6.11. The Balaban J connectivity index is 1.54. The van der Waals surface area contributed by atoms with Crippen molar-refractivity contribution < 1.29 is 13.9 Å². The molecule has 5 rings (SSSR count). The van der Waals surface area contributed by atoms with Crippen molar-refractivity contribution in [3.8, 4) is 11.5 Å². The SMILES string of the molecule is COc1ccc2c(c1)OCCC(c1ccc(F)cc1)=C2c1ccc(N2CCN(C(C)C)CC2)cc1. The second kappa shape index (κ2) is 10.1. The van der Waals surface area contributed by atoms with E-state index in [2.05, 4.69) is 54.0 Å². The number of fused-ring (bicyclic) bond motifs is 1. The summed E-state index contributed by atoms with van der Waals surface area (Å²) in [7, 11) is 1.67. The topological polar surface area (TPSA) is 24.9 Å². The summed E-state index contributed by atoms with van der Waals surface area (Å²) < 4.78 is 25.3. The van der Waals surface area contributed by atoms with E-state index in [9.17, 15) is 4.39 Å². The maximum Gasteiger partial charge on any atom is 0.130 e. The van der Waals surface area contributed by atoms with Crippen molar-refractivity contribution in [3.05, 3.63) is 89.2 Å². The summed E-state index contributed by atoms with van der Waals surface area (Å²) in [6, 6.07) is 22.2. The molecule has 0 N–H and O–H groups in total. The van der Waals surface area contributed by atoms with Gasteiger partial charge in [0, 0.05) is 56.0 Å². The highest BCUT2D eigenvalue weighted by molar-refractivity contribution is 6.00. The monoisotopic (exact) mass is 472 g/mol. The molecular weight excluding hydrogens is 439 g/mol. The minimum Gasteiger partial charge on any atom is -0.497 e. The normalized spacial score (nSPS) is 16.7. The molecule has 0 aromatic heterocycles. The van der Waals surface area contributed by atoms with Gasteiger partial charge in [-0.3, -0.25) is 4.90 Å². The van der Waals surface area contributed by atoms with Gasteiger partial charge in [0.2, 0.25) is 0 Å². The summed E-state index contributed by atoms with van der Waals surface area (Å²) in [6.07, 6.45) is 0.733. The number of rotatable bonds is 5. The van der Waals surface area contributed by atoms with Crippen LogP contribution in [0, 0.1) is 5.82 Å². The maximum absolute atomic E-state index is 13.7. The van der Waals surface area contributed by atoms with Crippen molar-refractivity contribution in [3.63, 3.8) is 0 Å². The Kier molecular flexibility index (Phi) is 6.78. The van der Waals surface area contributed by atoms with E-state index in [-0.39, 0.29) is 5.82 Å². The fraction of sp³-hybridized carbons (Fsp3) is 0.333. The first-order valence-electron chi connectivity index (χ1n) is 12.4. The third-order valence-electron chi connectivity index (χ3n) is 7.13. The van der Waals surface area contributed by atoms with Gasteiger partial charge in [-0.05, 0) is 72.5 Å². The molecule has 182 valence electrons. The smallest absolute Gasteiger partial charge is 0.130 e. The van der Waals surface area contributed by atoms with E-state index in [4.69, 9.17) is 9.47 Å². The predicted molar refractivity (Wildman–Crippen MR) is 141 cm³/mol. The van der Waals surface area contributed by atoms with Crippen molar-refractivity contribution in [1.82, 2.24) is 4.90 Å². The van der Waals surface area contributed by atoms with Gasteiger partial charge in [-0.15, -0.1) is 0 Å².